The molecule has 0 fully saturated rings. The van der Waals surface area contributed by atoms with Gasteiger partial charge in [-0.3, -0.25) is 14.2 Å². The van der Waals surface area contributed by atoms with E-state index in [1.807, 2.05) is 21.1 Å². The van der Waals surface area contributed by atoms with E-state index in [2.05, 4.69) is 86.8 Å². The van der Waals surface area contributed by atoms with E-state index in [-0.39, 0.29) is 32.0 Å². The minimum Gasteiger partial charge on any atom is -0.756 e. The van der Waals surface area contributed by atoms with Crippen LogP contribution in [0.2, 0.25) is 0 Å². The van der Waals surface area contributed by atoms with E-state index in [1.54, 1.807) is 0 Å². The van der Waals surface area contributed by atoms with E-state index in [1.165, 1.54) is 257 Å². The number of nitrogens with zero attached hydrogens (tertiary/aromatic N) is 1. The molecule has 2 atom stereocenters. The van der Waals surface area contributed by atoms with Crippen LogP contribution in [-0.4, -0.2) is 70.0 Å². The van der Waals surface area contributed by atoms with Crippen LogP contribution in [0.15, 0.2) is 72.9 Å². The number of phosphoric ester groups is 1. The number of esters is 2. The molecule has 0 bridgehead atoms. The molecule has 0 aromatic carbocycles. The Morgan fingerprint density at radius 2 is 0.640 bits per heavy atom. The first-order chi connectivity index (χ1) is 43.5. The largest absolute Gasteiger partial charge is 0.756 e. The number of hydrogen-bond acceptors (Lipinski definition) is 8. The lowest BCUT2D eigenvalue weighted by atomic mass is 10.0. The summed E-state index contributed by atoms with van der Waals surface area (Å²) in [7, 11) is 1.18. The van der Waals surface area contributed by atoms with Gasteiger partial charge in [-0.1, -0.05) is 363 Å². The van der Waals surface area contributed by atoms with E-state index in [4.69, 9.17) is 18.5 Å². The summed E-state index contributed by atoms with van der Waals surface area (Å²) in [5.41, 5.74) is 0. The van der Waals surface area contributed by atoms with Gasteiger partial charge >= 0.3 is 11.9 Å². The number of hydrogen-bond donors (Lipinski definition) is 0. The Morgan fingerprint density at radius 1 is 0.360 bits per heavy atom. The Morgan fingerprint density at radius 3 is 0.955 bits per heavy atom. The molecule has 10 heteroatoms. The maximum atomic E-state index is 12.9. The quantitative estimate of drug-likeness (QED) is 0.0195. The van der Waals surface area contributed by atoms with Crippen LogP contribution in [0.1, 0.15) is 367 Å². The van der Waals surface area contributed by atoms with Crippen LogP contribution in [0, 0.1) is 0 Å². The number of carbonyl (C=O) groups excluding carboxylic acids is 2. The summed E-state index contributed by atoms with van der Waals surface area (Å²) >= 11 is 0. The lowest BCUT2D eigenvalue weighted by Gasteiger charge is -2.28. The molecule has 9 nitrogen and oxygen atoms in total. The average Bonchev–Trinajstić information content (AvgIpc) is 3.60. The normalized spacial score (nSPS) is 13.5. The number of rotatable bonds is 71. The van der Waals surface area contributed by atoms with Crippen molar-refractivity contribution in [3.63, 3.8) is 0 Å². The number of unbranched alkanes of at least 4 members (excludes halogenated alkanes) is 45. The first-order valence-electron chi connectivity index (χ1n) is 38.1. The van der Waals surface area contributed by atoms with Crippen LogP contribution >= 0.6 is 7.82 Å². The Labute approximate surface area is 552 Å². The zero-order valence-electron chi connectivity index (χ0n) is 59.4. The van der Waals surface area contributed by atoms with Crippen LogP contribution in [0.5, 0.6) is 0 Å². The van der Waals surface area contributed by atoms with Crippen molar-refractivity contribution in [3.05, 3.63) is 72.9 Å². The summed E-state index contributed by atoms with van der Waals surface area (Å²) < 4.78 is 34.4. The maximum Gasteiger partial charge on any atom is 0.306 e. The molecule has 520 valence electrons. The molecule has 0 N–H and O–H groups in total. The van der Waals surface area contributed by atoms with E-state index in [0.29, 0.717) is 17.4 Å². The van der Waals surface area contributed by atoms with E-state index in [0.717, 1.165) is 77.0 Å². The van der Waals surface area contributed by atoms with Gasteiger partial charge in [-0.2, -0.15) is 0 Å². The van der Waals surface area contributed by atoms with E-state index < -0.39 is 26.5 Å². The fourth-order valence-corrected chi connectivity index (χ4v) is 11.9. The van der Waals surface area contributed by atoms with Crippen LogP contribution in [0.25, 0.3) is 0 Å². The fourth-order valence-electron chi connectivity index (χ4n) is 11.2. The van der Waals surface area contributed by atoms with Crippen LogP contribution in [-0.2, 0) is 32.7 Å². The first kappa shape index (κ1) is 86.5. The highest BCUT2D eigenvalue weighted by Gasteiger charge is 2.22. The highest BCUT2D eigenvalue weighted by molar-refractivity contribution is 7.45. The van der Waals surface area contributed by atoms with Crippen molar-refractivity contribution in [2.24, 2.45) is 0 Å². The van der Waals surface area contributed by atoms with Gasteiger partial charge in [-0.25, -0.2) is 0 Å². The third kappa shape index (κ3) is 74.4. The van der Waals surface area contributed by atoms with Crippen molar-refractivity contribution in [1.82, 2.24) is 0 Å². The third-order valence-electron chi connectivity index (χ3n) is 17.0. The van der Waals surface area contributed by atoms with Gasteiger partial charge in [0, 0.05) is 12.8 Å². The van der Waals surface area contributed by atoms with Gasteiger partial charge in [-0.15, -0.1) is 0 Å². The molecule has 0 aromatic heterocycles. The summed E-state index contributed by atoms with van der Waals surface area (Å²) in [5, 5.41) is 0. The first-order valence-corrected chi connectivity index (χ1v) is 39.6. The number of quaternary nitrogens is 1. The second-order valence-electron chi connectivity index (χ2n) is 27.0. The van der Waals surface area contributed by atoms with Gasteiger partial charge in [-0.05, 0) is 64.2 Å². The molecule has 89 heavy (non-hydrogen) atoms. The van der Waals surface area contributed by atoms with Gasteiger partial charge in [0.1, 0.15) is 19.8 Å². The number of carbonyl (C=O) groups is 2. The Bertz CT molecular complexity index is 1730. The van der Waals surface area contributed by atoms with Crippen molar-refractivity contribution >= 4 is 19.8 Å². The van der Waals surface area contributed by atoms with Crippen molar-refractivity contribution < 1.29 is 42.1 Å². The van der Waals surface area contributed by atoms with Crippen molar-refractivity contribution in [2.45, 2.75) is 373 Å². The maximum absolute atomic E-state index is 12.9. The highest BCUT2D eigenvalue weighted by atomic mass is 31.2. The molecule has 0 aliphatic carbocycles. The molecule has 0 saturated heterocycles. The van der Waals surface area contributed by atoms with Gasteiger partial charge in [0.25, 0.3) is 7.82 Å². The highest BCUT2D eigenvalue weighted by Crippen LogP contribution is 2.38. The third-order valence-corrected chi connectivity index (χ3v) is 18.0. The number of likely N-dealkylation sites (N-methyl/N-ethyl adjacent to an activating group) is 1. The summed E-state index contributed by atoms with van der Waals surface area (Å²) in [6.07, 6.45) is 94.4. The van der Waals surface area contributed by atoms with Crippen molar-refractivity contribution in [2.75, 3.05) is 47.5 Å². The van der Waals surface area contributed by atoms with Gasteiger partial charge in [0.05, 0.1) is 27.7 Å². The summed E-state index contributed by atoms with van der Waals surface area (Å²) in [4.78, 5) is 38.1. The predicted octanol–water partition coefficient (Wildman–Crippen LogP) is 24.5. The molecule has 2 unspecified atom stereocenters. The molecule has 0 aliphatic heterocycles. The Hall–Kier alpha value is -2.55. The molecule has 0 saturated carbocycles. The Balaban J connectivity index is 3.97. The molecule has 0 heterocycles. The second kappa shape index (κ2) is 69.8. The Kier molecular flexibility index (Phi) is 67.8. The smallest absolute Gasteiger partial charge is 0.306 e. The molecule has 0 rings (SSSR count). The van der Waals surface area contributed by atoms with Gasteiger partial charge < -0.3 is 27.9 Å². The van der Waals surface area contributed by atoms with Crippen LogP contribution < -0.4 is 4.89 Å². The molecule has 0 spiro atoms. The number of allylic oxidation sites excluding steroid dienone is 12. The van der Waals surface area contributed by atoms with Crippen LogP contribution in [0.3, 0.4) is 0 Å². The summed E-state index contributed by atoms with van der Waals surface area (Å²) in [6, 6.07) is 0. The van der Waals surface area contributed by atoms with Gasteiger partial charge in [0.2, 0.25) is 0 Å². The average molecular weight is 1270 g/mol. The monoisotopic (exact) mass is 1270 g/mol. The molecular formula is C79H146NO8P. The van der Waals surface area contributed by atoms with Crippen molar-refractivity contribution in [3.8, 4) is 0 Å². The second-order valence-corrected chi connectivity index (χ2v) is 28.4. The standard InChI is InChI=1S/C79H146NO8P/c1-6-8-10-12-14-16-18-20-22-24-26-28-30-32-34-36-38-39-40-41-42-44-46-48-50-52-54-56-58-60-62-64-66-68-70-72-79(82)88-77(76-87-89(83,84)86-74-73-80(3,4)5)75-85-78(81)71-69-67-65-63-61-59-57-55-53-51-49-47-45-43-37-35-33-31-29-27-25-23-21-19-17-15-13-11-9-7-2/h8,10,14,16,20,22,26,28,32,34,38-39,77H,6-7,9,11-13,15,17-19,21,23-25,27,29-31,33,35-37,40-76H2,1-5H3/b10-8-,16-14-,22-20-,28-26-,34-32-,39-38-. The van der Waals surface area contributed by atoms with Crippen molar-refractivity contribution in [1.29, 1.82) is 0 Å². The number of phosphoric acid groups is 1. The molecule has 0 amide bonds. The lowest BCUT2D eigenvalue weighted by Crippen LogP contribution is -2.37. The zero-order valence-corrected chi connectivity index (χ0v) is 60.3. The minimum absolute atomic E-state index is 0.0299. The molecule has 0 radical (unpaired) electrons. The number of ether oxygens (including phenoxy) is 2. The topological polar surface area (TPSA) is 111 Å². The molecule has 0 aromatic rings. The molecule has 0 aliphatic rings. The minimum atomic E-state index is -4.64. The zero-order chi connectivity index (χ0) is 64.8. The van der Waals surface area contributed by atoms with Crippen LogP contribution in [0.4, 0.5) is 0 Å². The van der Waals surface area contributed by atoms with E-state index in [9.17, 15) is 19.0 Å². The molecular weight excluding hydrogens is 1120 g/mol. The summed E-state index contributed by atoms with van der Waals surface area (Å²) in [5.74, 6) is -0.815. The SMILES string of the molecule is CC/C=C\C/C=C\C/C=C\C/C=C\C/C=C\C/C=C\CCCCCCCCCCCCCCCCCCC(=O)OC(COC(=O)CCCCCCCCCCCCCCCCCCCCCCCCCCCCCCCC)COP(=O)([O-])OCC[N+](C)(C)C. The van der Waals surface area contributed by atoms with E-state index >= 15 is 0 Å². The fraction of sp³-hybridized carbons (Fsp3) is 0.823. The van der Waals surface area contributed by atoms with Gasteiger partial charge in [0.15, 0.2) is 6.10 Å². The predicted molar refractivity (Wildman–Crippen MR) is 383 cm³/mol. The lowest BCUT2D eigenvalue weighted by molar-refractivity contribution is -0.870. The summed E-state index contributed by atoms with van der Waals surface area (Å²) in [6.45, 7) is 4.19.